The van der Waals surface area contributed by atoms with Crippen LogP contribution in [0.4, 0.5) is 11.4 Å². The number of amides is 1. The Labute approximate surface area is 223 Å². The van der Waals surface area contributed by atoms with Crippen LogP contribution in [0.5, 0.6) is 5.75 Å². The molecule has 2 aromatic heterocycles. The normalized spacial score (nSPS) is 10.8. The highest BCUT2D eigenvalue weighted by Crippen LogP contribution is 2.42. The first kappa shape index (κ1) is 25.0. The number of aryl methyl sites for hydroxylation is 1. The van der Waals surface area contributed by atoms with E-state index in [2.05, 4.69) is 5.32 Å². The Bertz CT molecular complexity index is 1640. The van der Waals surface area contributed by atoms with Gasteiger partial charge in [0.2, 0.25) is 0 Å². The van der Waals surface area contributed by atoms with E-state index in [1.807, 2.05) is 61.5 Å². The Morgan fingerprint density at radius 2 is 1.55 bits per heavy atom. The molecule has 0 radical (unpaired) electrons. The topological polar surface area (TPSA) is 104 Å². The molecular formula is C30H25N3O4S. The molecule has 1 amide bonds. The van der Waals surface area contributed by atoms with Gasteiger partial charge >= 0.3 is 5.97 Å². The predicted octanol–water partition coefficient (Wildman–Crippen LogP) is 6.57. The van der Waals surface area contributed by atoms with E-state index >= 15 is 0 Å². The van der Waals surface area contributed by atoms with E-state index in [0.29, 0.717) is 26.6 Å². The second kappa shape index (κ2) is 10.4. The van der Waals surface area contributed by atoms with Crippen molar-refractivity contribution < 1.29 is 19.1 Å². The number of aromatic nitrogens is 1. The maximum Gasteiger partial charge on any atom is 0.337 e. The summed E-state index contributed by atoms with van der Waals surface area (Å²) in [6.45, 7) is 2.04. The van der Waals surface area contributed by atoms with Gasteiger partial charge in [-0.3, -0.25) is 4.79 Å². The molecule has 190 valence electrons. The van der Waals surface area contributed by atoms with Crippen molar-refractivity contribution in [2.24, 2.45) is 0 Å². The third-order valence-corrected chi connectivity index (χ3v) is 7.32. The lowest BCUT2D eigenvalue weighted by Gasteiger charge is -2.10. The van der Waals surface area contributed by atoms with E-state index in [4.69, 9.17) is 20.2 Å². The molecule has 7 nitrogen and oxygen atoms in total. The van der Waals surface area contributed by atoms with Crippen LogP contribution in [0.2, 0.25) is 0 Å². The van der Waals surface area contributed by atoms with Gasteiger partial charge in [-0.05, 0) is 60.5 Å². The number of rotatable bonds is 6. The Hall–Kier alpha value is -4.69. The van der Waals surface area contributed by atoms with Gasteiger partial charge in [-0.25, -0.2) is 9.78 Å². The van der Waals surface area contributed by atoms with Gasteiger partial charge in [0.15, 0.2) is 0 Å². The molecule has 0 bridgehead atoms. The summed E-state index contributed by atoms with van der Waals surface area (Å²) < 4.78 is 10.1. The molecule has 0 unspecified atom stereocenters. The number of thiophene rings is 1. The number of hydrogen-bond donors (Lipinski definition) is 2. The highest BCUT2D eigenvalue weighted by atomic mass is 32.1. The molecule has 0 spiro atoms. The van der Waals surface area contributed by atoms with Gasteiger partial charge in [0.05, 0.1) is 31.2 Å². The number of carbonyl (C=O) groups excluding carboxylic acids is 2. The summed E-state index contributed by atoms with van der Waals surface area (Å²) >= 11 is 1.24. The van der Waals surface area contributed by atoms with E-state index in [1.54, 1.807) is 31.4 Å². The Morgan fingerprint density at radius 3 is 2.18 bits per heavy atom. The minimum atomic E-state index is -0.446. The number of hydrogen-bond acceptors (Lipinski definition) is 7. The standard InChI is InChI=1S/C30H25N3O4S/c1-17-4-6-19(7-5-17)24-16-23(18-10-14-22(36-2)15-11-18)25-26(31)27(38-29(25)33-24)28(34)32-21-12-8-20(9-13-21)30(35)37-3/h4-16H,31H2,1-3H3,(H,32,34). The fourth-order valence-electron chi connectivity index (χ4n) is 4.16. The first-order chi connectivity index (χ1) is 18.4. The molecule has 5 aromatic rings. The van der Waals surface area contributed by atoms with E-state index in [0.717, 1.165) is 39.1 Å². The fourth-order valence-corrected chi connectivity index (χ4v) is 5.17. The van der Waals surface area contributed by atoms with Crippen LogP contribution in [-0.2, 0) is 4.74 Å². The van der Waals surface area contributed by atoms with Crippen molar-refractivity contribution in [3.05, 3.63) is 94.9 Å². The van der Waals surface area contributed by atoms with Gasteiger partial charge in [0.1, 0.15) is 15.5 Å². The van der Waals surface area contributed by atoms with Crippen LogP contribution in [-0.4, -0.2) is 31.1 Å². The molecule has 3 aromatic carbocycles. The number of ether oxygens (including phenoxy) is 2. The molecule has 2 heterocycles. The fraction of sp³-hybridized carbons (Fsp3) is 0.100. The number of pyridine rings is 1. The van der Waals surface area contributed by atoms with Crippen molar-refractivity contribution in [1.29, 1.82) is 0 Å². The molecule has 3 N–H and O–H groups in total. The lowest BCUT2D eigenvalue weighted by atomic mass is 9.99. The molecule has 0 aliphatic rings. The molecule has 0 aliphatic carbocycles. The zero-order chi connectivity index (χ0) is 26.8. The third kappa shape index (κ3) is 4.81. The number of esters is 1. The predicted molar refractivity (Wildman–Crippen MR) is 152 cm³/mol. The molecule has 0 aliphatic heterocycles. The lowest BCUT2D eigenvalue weighted by molar-refractivity contribution is 0.0600. The van der Waals surface area contributed by atoms with Gasteiger partial charge in [-0.2, -0.15) is 0 Å². The van der Waals surface area contributed by atoms with Crippen LogP contribution in [0, 0.1) is 6.92 Å². The number of nitrogens with zero attached hydrogens (tertiary/aromatic N) is 1. The highest BCUT2D eigenvalue weighted by molar-refractivity contribution is 7.21. The summed E-state index contributed by atoms with van der Waals surface area (Å²) in [6, 6.07) is 24.3. The summed E-state index contributed by atoms with van der Waals surface area (Å²) in [7, 11) is 2.95. The van der Waals surface area contributed by atoms with Gasteiger partial charge in [0.25, 0.3) is 5.91 Å². The molecule has 0 saturated heterocycles. The average molecular weight is 524 g/mol. The average Bonchev–Trinajstić information content (AvgIpc) is 3.29. The van der Waals surface area contributed by atoms with Crippen LogP contribution in [0.15, 0.2) is 78.9 Å². The minimum absolute atomic E-state index is 0.353. The number of benzene rings is 3. The number of nitrogen functional groups attached to an aromatic ring is 1. The van der Waals surface area contributed by atoms with Crippen molar-refractivity contribution in [2.45, 2.75) is 6.92 Å². The number of anilines is 2. The molecule has 38 heavy (non-hydrogen) atoms. The largest absolute Gasteiger partial charge is 0.497 e. The molecule has 0 atom stereocenters. The van der Waals surface area contributed by atoms with E-state index < -0.39 is 5.97 Å². The Kier molecular flexibility index (Phi) is 6.81. The number of carbonyl (C=O) groups is 2. The number of fused-ring (bicyclic) bond motifs is 1. The molecule has 0 fully saturated rings. The number of methoxy groups -OCH3 is 2. The second-order valence-corrected chi connectivity index (χ2v) is 9.70. The summed E-state index contributed by atoms with van der Waals surface area (Å²) in [5, 5.41) is 3.59. The van der Waals surface area contributed by atoms with Crippen LogP contribution >= 0.6 is 11.3 Å². The van der Waals surface area contributed by atoms with Gasteiger partial charge in [-0.1, -0.05) is 42.0 Å². The Balaban J connectivity index is 1.59. The number of nitrogens with one attached hydrogen (secondary N) is 1. The zero-order valence-electron chi connectivity index (χ0n) is 21.1. The minimum Gasteiger partial charge on any atom is -0.497 e. The number of nitrogens with two attached hydrogens (primary N) is 1. The van der Waals surface area contributed by atoms with Crippen molar-refractivity contribution in [3.63, 3.8) is 0 Å². The first-order valence-electron chi connectivity index (χ1n) is 11.8. The lowest BCUT2D eigenvalue weighted by Crippen LogP contribution is -2.12. The van der Waals surface area contributed by atoms with Crippen LogP contribution in [0.3, 0.4) is 0 Å². The first-order valence-corrected chi connectivity index (χ1v) is 12.6. The second-order valence-electron chi connectivity index (χ2n) is 8.70. The highest BCUT2D eigenvalue weighted by Gasteiger charge is 2.22. The van der Waals surface area contributed by atoms with Gasteiger partial charge < -0.3 is 20.5 Å². The maximum atomic E-state index is 13.3. The summed E-state index contributed by atoms with van der Waals surface area (Å²) in [5.41, 5.74) is 12.6. The van der Waals surface area contributed by atoms with Crippen LogP contribution < -0.4 is 15.8 Å². The van der Waals surface area contributed by atoms with Gasteiger partial charge in [0, 0.05) is 16.6 Å². The Morgan fingerprint density at radius 1 is 0.895 bits per heavy atom. The molecular weight excluding hydrogens is 498 g/mol. The smallest absolute Gasteiger partial charge is 0.337 e. The van der Waals surface area contributed by atoms with Crippen LogP contribution in [0.1, 0.15) is 25.6 Å². The third-order valence-electron chi connectivity index (χ3n) is 6.22. The molecule has 8 heteroatoms. The van der Waals surface area contributed by atoms with Crippen molar-refractivity contribution in [3.8, 4) is 28.1 Å². The van der Waals surface area contributed by atoms with E-state index in [9.17, 15) is 9.59 Å². The van der Waals surface area contributed by atoms with E-state index in [1.165, 1.54) is 18.4 Å². The van der Waals surface area contributed by atoms with Gasteiger partial charge in [-0.15, -0.1) is 11.3 Å². The van der Waals surface area contributed by atoms with Crippen LogP contribution in [0.25, 0.3) is 32.6 Å². The van der Waals surface area contributed by atoms with Crippen molar-refractivity contribution in [2.75, 3.05) is 25.3 Å². The zero-order valence-corrected chi connectivity index (χ0v) is 21.9. The summed E-state index contributed by atoms with van der Waals surface area (Å²) in [4.78, 5) is 30.9. The summed E-state index contributed by atoms with van der Waals surface area (Å²) in [5.74, 6) is -0.0542. The van der Waals surface area contributed by atoms with E-state index in [-0.39, 0.29) is 5.91 Å². The maximum absolute atomic E-state index is 13.3. The van der Waals surface area contributed by atoms with Crippen molar-refractivity contribution >= 4 is 44.8 Å². The van der Waals surface area contributed by atoms with Crippen molar-refractivity contribution in [1.82, 2.24) is 4.98 Å². The quantitative estimate of drug-likeness (QED) is 0.244. The molecule has 5 rings (SSSR count). The SMILES string of the molecule is COC(=O)c1ccc(NC(=O)c2sc3nc(-c4ccc(C)cc4)cc(-c4ccc(OC)cc4)c3c2N)cc1. The summed E-state index contributed by atoms with van der Waals surface area (Å²) in [6.07, 6.45) is 0. The molecule has 0 saturated carbocycles. The monoisotopic (exact) mass is 523 g/mol.